The predicted octanol–water partition coefficient (Wildman–Crippen LogP) is 5.30. The third-order valence-corrected chi connectivity index (χ3v) is 7.42. The minimum atomic E-state index is -3.95. The second-order valence-corrected chi connectivity index (χ2v) is 11.0. The van der Waals surface area contributed by atoms with Crippen molar-refractivity contribution in [3.8, 4) is 0 Å². The zero-order chi connectivity index (χ0) is 23.0. The Hall–Kier alpha value is -2.15. The minimum Gasteiger partial charge on any atom is -0.463 e. The number of benzene rings is 2. The molecule has 1 heterocycles. The van der Waals surface area contributed by atoms with Crippen molar-refractivity contribution in [2.45, 2.75) is 51.6 Å². The lowest BCUT2D eigenvalue weighted by molar-refractivity contribution is -0.138. The van der Waals surface area contributed by atoms with Crippen LogP contribution in [0.4, 0.5) is 0 Å². The molecule has 1 aliphatic rings. The molecule has 3 rings (SSSR count). The molecule has 0 spiro atoms. The molecule has 2 aromatic carbocycles. The summed E-state index contributed by atoms with van der Waals surface area (Å²) in [6.45, 7) is 9.69. The van der Waals surface area contributed by atoms with Crippen LogP contribution in [0.3, 0.4) is 0 Å². The molecular formula is C24H28ClNO4S. The van der Waals surface area contributed by atoms with E-state index < -0.39 is 33.5 Å². The summed E-state index contributed by atoms with van der Waals surface area (Å²) in [5.41, 5.74) is 1.42. The van der Waals surface area contributed by atoms with Crippen molar-refractivity contribution >= 4 is 27.6 Å². The fourth-order valence-corrected chi connectivity index (χ4v) is 5.89. The van der Waals surface area contributed by atoms with E-state index in [4.69, 9.17) is 16.3 Å². The highest BCUT2D eigenvalue weighted by Gasteiger charge is 2.49. The van der Waals surface area contributed by atoms with Crippen molar-refractivity contribution in [1.29, 1.82) is 0 Å². The molecule has 0 bridgehead atoms. The quantitative estimate of drug-likeness (QED) is 0.567. The van der Waals surface area contributed by atoms with E-state index >= 15 is 0 Å². The number of hydrogen-bond donors (Lipinski definition) is 0. The Morgan fingerprint density at radius 1 is 1.13 bits per heavy atom. The number of hydrogen-bond acceptors (Lipinski definition) is 4. The van der Waals surface area contributed by atoms with Gasteiger partial charge in [0, 0.05) is 11.1 Å². The van der Waals surface area contributed by atoms with Gasteiger partial charge in [-0.2, -0.15) is 4.31 Å². The van der Waals surface area contributed by atoms with Gasteiger partial charge in [0.15, 0.2) is 0 Å². The maximum atomic E-state index is 13.9. The van der Waals surface area contributed by atoms with Crippen LogP contribution in [0.1, 0.15) is 44.9 Å². The maximum Gasteiger partial charge on any atom is 0.335 e. The summed E-state index contributed by atoms with van der Waals surface area (Å²) in [5.74, 6) is -0.525. The van der Waals surface area contributed by atoms with Gasteiger partial charge < -0.3 is 4.74 Å². The van der Waals surface area contributed by atoms with Crippen LogP contribution in [-0.4, -0.2) is 31.3 Å². The van der Waals surface area contributed by atoms with Gasteiger partial charge in [0.25, 0.3) is 0 Å². The molecule has 0 radical (unpaired) electrons. The molecule has 0 saturated heterocycles. The largest absolute Gasteiger partial charge is 0.463 e. The monoisotopic (exact) mass is 461 g/mol. The number of sulfonamides is 1. The first-order valence-electron chi connectivity index (χ1n) is 10.2. The molecule has 5 nitrogen and oxygen atoms in total. The number of carbonyl (C=O) groups is 1. The van der Waals surface area contributed by atoms with E-state index in [9.17, 15) is 13.2 Å². The molecule has 31 heavy (non-hydrogen) atoms. The zero-order valence-electron chi connectivity index (χ0n) is 18.4. The van der Waals surface area contributed by atoms with Crippen LogP contribution in [0.5, 0.6) is 0 Å². The normalized spacial score (nSPS) is 19.9. The molecule has 7 heteroatoms. The zero-order valence-corrected chi connectivity index (χ0v) is 20.0. The Labute approximate surface area is 189 Å². The smallest absolute Gasteiger partial charge is 0.335 e. The first kappa shape index (κ1) is 23.5. The van der Waals surface area contributed by atoms with Gasteiger partial charge in [-0.15, -0.1) is 0 Å². The Bertz CT molecular complexity index is 1100. The van der Waals surface area contributed by atoms with Crippen LogP contribution in [0.2, 0.25) is 5.02 Å². The van der Waals surface area contributed by atoms with Crippen LogP contribution in [-0.2, 0) is 19.6 Å². The highest BCUT2D eigenvalue weighted by Crippen LogP contribution is 2.46. The van der Waals surface area contributed by atoms with Gasteiger partial charge in [0.2, 0.25) is 10.0 Å². The average Bonchev–Trinajstić information content (AvgIpc) is 3.11. The van der Waals surface area contributed by atoms with Gasteiger partial charge in [0.1, 0.15) is 0 Å². The lowest BCUT2D eigenvalue weighted by atomic mass is 9.87. The van der Waals surface area contributed by atoms with Crippen LogP contribution >= 0.6 is 11.6 Å². The molecular weight excluding hydrogens is 434 g/mol. The molecule has 2 aromatic rings. The summed E-state index contributed by atoms with van der Waals surface area (Å²) in [7, 11) is -3.95. The van der Waals surface area contributed by atoms with Gasteiger partial charge in [0.05, 0.1) is 23.1 Å². The summed E-state index contributed by atoms with van der Waals surface area (Å²) < 4.78 is 34.5. The molecule has 166 valence electrons. The fourth-order valence-electron chi connectivity index (χ4n) is 3.78. The second kappa shape index (κ2) is 8.77. The average molecular weight is 462 g/mol. The first-order chi connectivity index (χ1) is 14.5. The van der Waals surface area contributed by atoms with Crippen molar-refractivity contribution in [2.75, 3.05) is 6.61 Å². The molecule has 0 unspecified atom stereocenters. The molecule has 1 aliphatic heterocycles. The third kappa shape index (κ3) is 4.71. The number of nitrogens with zero attached hydrogens (tertiary/aromatic N) is 1. The SMILES string of the molecule is CCOC(=O)C1=C[C@@H](C(C)(C)C)N(S(=O)(=O)c2ccc(C)cc2)[C@H]1c1cccc(Cl)c1. The van der Waals surface area contributed by atoms with E-state index in [-0.39, 0.29) is 11.5 Å². The first-order valence-corrected chi connectivity index (χ1v) is 12.0. The standard InChI is InChI=1S/C24H28ClNO4S/c1-6-30-23(27)20-15-21(24(3,4)5)26(22(20)17-8-7-9-18(25)14-17)31(28,29)19-12-10-16(2)11-13-19/h7-15,21-22H,6H2,1-5H3/t21-,22-/m0/s1. The Balaban J connectivity index is 2.25. The van der Waals surface area contributed by atoms with Gasteiger partial charge in [-0.1, -0.05) is 68.3 Å². The summed E-state index contributed by atoms with van der Waals surface area (Å²) in [6.07, 6.45) is 1.73. The molecule has 0 aromatic heterocycles. The van der Waals surface area contributed by atoms with Crippen LogP contribution in [0.25, 0.3) is 0 Å². The van der Waals surface area contributed by atoms with Gasteiger partial charge in [-0.05, 0) is 49.1 Å². The van der Waals surface area contributed by atoms with E-state index in [2.05, 4.69) is 0 Å². The Kier molecular flexibility index (Phi) is 6.65. The van der Waals surface area contributed by atoms with E-state index in [1.54, 1.807) is 61.5 Å². The maximum absolute atomic E-state index is 13.9. The minimum absolute atomic E-state index is 0.179. The van der Waals surface area contributed by atoms with Gasteiger partial charge >= 0.3 is 5.97 Å². The van der Waals surface area contributed by atoms with E-state index in [1.165, 1.54) is 4.31 Å². The molecule has 0 N–H and O–H groups in total. The summed E-state index contributed by atoms with van der Waals surface area (Å²) in [6, 6.07) is 12.3. The lowest BCUT2D eigenvalue weighted by Gasteiger charge is -2.37. The second-order valence-electron chi connectivity index (χ2n) is 8.76. The molecule has 0 fully saturated rings. The Morgan fingerprint density at radius 2 is 1.77 bits per heavy atom. The number of aryl methyl sites for hydroxylation is 1. The van der Waals surface area contributed by atoms with Gasteiger partial charge in [-0.3, -0.25) is 0 Å². The van der Waals surface area contributed by atoms with Crippen LogP contribution in [0.15, 0.2) is 65.1 Å². The van der Waals surface area contributed by atoms with Crippen LogP contribution in [0, 0.1) is 12.3 Å². The van der Waals surface area contributed by atoms with Crippen molar-refractivity contribution < 1.29 is 17.9 Å². The summed E-state index contributed by atoms with van der Waals surface area (Å²) in [4.78, 5) is 13.1. The number of carbonyl (C=O) groups excluding carboxylic acids is 1. The van der Waals surface area contributed by atoms with E-state index in [0.717, 1.165) is 5.56 Å². The summed E-state index contributed by atoms with van der Waals surface area (Å²) >= 11 is 6.23. The summed E-state index contributed by atoms with van der Waals surface area (Å²) in [5, 5.41) is 0.465. The Morgan fingerprint density at radius 3 is 2.32 bits per heavy atom. The number of ether oxygens (including phenoxy) is 1. The third-order valence-electron chi connectivity index (χ3n) is 5.32. The fraction of sp³-hybridized carbons (Fsp3) is 0.375. The number of esters is 1. The van der Waals surface area contributed by atoms with Crippen molar-refractivity contribution in [3.05, 3.63) is 76.3 Å². The van der Waals surface area contributed by atoms with E-state index in [0.29, 0.717) is 16.2 Å². The van der Waals surface area contributed by atoms with Gasteiger partial charge in [-0.25, -0.2) is 13.2 Å². The number of halogens is 1. The highest BCUT2D eigenvalue weighted by molar-refractivity contribution is 7.89. The molecule has 0 saturated carbocycles. The van der Waals surface area contributed by atoms with E-state index in [1.807, 2.05) is 27.7 Å². The number of rotatable bonds is 5. The topological polar surface area (TPSA) is 63.7 Å². The lowest BCUT2D eigenvalue weighted by Crippen LogP contribution is -2.45. The van der Waals surface area contributed by atoms with Crippen molar-refractivity contribution in [2.24, 2.45) is 5.41 Å². The molecule has 0 amide bonds. The predicted molar refractivity (Wildman–Crippen MR) is 122 cm³/mol. The highest BCUT2D eigenvalue weighted by atomic mass is 35.5. The molecule has 2 atom stereocenters. The molecule has 0 aliphatic carbocycles. The van der Waals surface area contributed by atoms with Crippen molar-refractivity contribution in [3.63, 3.8) is 0 Å². The van der Waals surface area contributed by atoms with Crippen LogP contribution < -0.4 is 0 Å². The van der Waals surface area contributed by atoms with Crippen molar-refractivity contribution in [1.82, 2.24) is 4.31 Å².